The smallest absolute Gasteiger partial charge is 0.260 e. The van der Waals surface area contributed by atoms with Crippen molar-refractivity contribution >= 4 is 66.4 Å². The molecule has 0 aliphatic rings. The highest BCUT2D eigenvalue weighted by Gasteiger charge is 2.22. The number of aromatic nitrogens is 1. The predicted molar refractivity (Wildman–Crippen MR) is 122 cm³/mol. The van der Waals surface area contributed by atoms with Crippen LogP contribution in [0.15, 0.2) is 47.4 Å². The van der Waals surface area contributed by atoms with E-state index >= 15 is 0 Å². The summed E-state index contributed by atoms with van der Waals surface area (Å²) in [5.74, 6) is -0.202. The molecule has 0 N–H and O–H groups in total. The number of carbonyl (C=O) groups is 1. The van der Waals surface area contributed by atoms with Crippen molar-refractivity contribution in [2.75, 3.05) is 38.3 Å². The first-order valence-electron chi connectivity index (χ1n) is 8.48. The molecule has 29 heavy (non-hydrogen) atoms. The fourth-order valence-electron chi connectivity index (χ4n) is 2.60. The Balaban J connectivity index is 0.00000300. The maximum atomic E-state index is 13.1. The molecule has 1 amide bonds. The molecule has 0 aliphatic heterocycles. The van der Waals surface area contributed by atoms with Gasteiger partial charge in [-0.05, 0) is 50.5 Å². The Kier molecular flexibility index (Phi) is 7.64. The van der Waals surface area contributed by atoms with Gasteiger partial charge in [0.05, 0.1) is 15.1 Å². The van der Waals surface area contributed by atoms with Gasteiger partial charge >= 0.3 is 0 Å². The summed E-state index contributed by atoms with van der Waals surface area (Å²) in [4.78, 5) is 21.5. The zero-order valence-electron chi connectivity index (χ0n) is 16.1. The lowest BCUT2D eigenvalue weighted by atomic mass is 10.2. The molecule has 3 rings (SSSR count). The molecule has 3 aromatic rings. The normalized spacial score (nSPS) is 11.5. The number of fused-ring (bicyclic) bond motifs is 1. The number of benzene rings is 2. The maximum absolute atomic E-state index is 13.1. The summed E-state index contributed by atoms with van der Waals surface area (Å²) < 4.78 is 24.4. The molecule has 0 saturated carbocycles. The van der Waals surface area contributed by atoms with E-state index in [2.05, 4.69) is 4.98 Å². The predicted octanol–water partition coefficient (Wildman–Crippen LogP) is 3.98. The van der Waals surface area contributed by atoms with E-state index in [1.165, 1.54) is 23.7 Å². The summed E-state index contributed by atoms with van der Waals surface area (Å²) in [6.45, 7) is 1.09. The van der Waals surface area contributed by atoms with Gasteiger partial charge in [0.15, 0.2) is 15.0 Å². The zero-order valence-corrected chi connectivity index (χ0v) is 19.3. The number of thiazole rings is 1. The van der Waals surface area contributed by atoms with Gasteiger partial charge in [-0.2, -0.15) is 0 Å². The largest absolute Gasteiger partial charge is 0.308 e. The van der Waals surface area contributed by atoms with Gasteiger partial charge in [-0.15, -0.1) is 12.4 Å². The summed E-state index contributed by atoms with van der Waals surface area (Å²) in [5.41, 5.74) is 1.13. The molecule has 0 atom stereocenters. The van der Waals surface area contributed by atoms with Crippen molar-refractivity contribution in [1.82, 2.24) is 9.88 Å². The van der Waals surface area contributed by atoms with Crippen molar-refractivity contribution in [2.45, 2.75) is 4.90 Å². The number of nitrogens with zero attached hydrogens (tertiary/aromatic N) is 3. The number of anilines is 1. The van der Waals surface area contributed by atoms with Crippen LogP contribution in [0.25, 0.3) is 10.2 Å². The average Bonchev–Trinajstić information content (AvgIpc) is 3.03. The van der Waals surface area contributed by atoms with Gasteiger partial charge in [-0.3, -0.25) is 9.69 Å². The van der Waals surface area contributed by atoms with Crippen LogP contribution in [0.4, 0.5) is 5.13 Å². The molecule has 1 heterocycles. The molecular weight excluding hydrogens is 453 g/mol. The third-order valence-electron chi connectivity index (χ3n) is 4.10. The second-order valence-electron chi connectivity index (χ2n) is 6.67. The Hall–Kier alpha value is -1.71. The van der Waals surface area contributed by atoms with Crippen LogP contribution in [0.1, 0.15) is 10.4 Å². The fraction of sp³-hybridized carbons (Fsp3) is 0.263. The fourth-order valence-corrected chi connectivity index (χ4v) is 4.54. The SMILES string of the molecule is CN(C)CCN(C(=O)c1cccc(Cl)c1)c1nc2ccc(S(C)(=O)=O)cc2s1.Cl. The molecule has 0 fully saturated rings. The van der Waals surface area contributed by atoms with Gasteiger partial charge in [0, 0.05) is 29.9 Å². The van der Waals surface area contributed by atoms with E-state index in [9.17, 15) is 13.2 Å². The van der Waals surface area contributed by atoms with E-state index < -0.39 is 9.84 Å². The van der Waals surface area contributed by atoms with Gasteiger partial charge in [-0.1, -0.05) is 29.0 Å². The summed E-state index contributed by atoms with van der Waals surface area (Å²) >= 11 is 7.34. The van der Waals surface area contributed by atoms with Crippen molar-refractivity contribution in [3.63, 3.8) is 0 Å². The van der Waals surface area contributed by atoms with Crippen LogP contribution in [0.2, 0.25) is 5.02 Å². The van der Waals surface area contributed by atoms with Crippen molar-refractivity contribution in [2.24, 2.45) is 0 Å². The molecule has 0 aliphatic carbocycles. The van der Waals surface area contributed by atoms with Crippen LogP contribution >= 0.6 is 35.3 Å². The van der Waals surface area contributed by atoms with Crippen molar-refractivity contribution in [3.05, 3.63) is 53.1 Å². The van der Waals surface area contributed by atoms with Crippen LogP contribution in [0.3, 0.4) is 0 Å². The van der Waals surface area contributed by atoms with Gasteiger partial charge < -0.3 is 4.90 Å². The molecule has 6 nitrogen and oxygen atoms in total. The lowest BCUT2D eigenvalue weighted by molar-refractivity contribution is 0.0985. The number of halogens is 2. The van der Waals surface area contributed by atoms with Gasteiger partial charge in [0.2, 0.25) is 0 Å². The van der Waals surface area contributed by atoms with Crippen molar-refractivity contribution < 1.29 is 13.2 Å². The first-order chi connectivity index (χ1) is 13.1. The van der Waals surface area contributed by atoms with Crippen LogP contribution in [-0.2, 0) is 9.84 Å². The Labute approximate surface area is 185 Å². The lowest BCUT2D eigenvalue weighted by Gasteiger charge is -2.22. The third-order valence-corrected chi connectivity index (χ3v) is 6.48. The van der Waals surface area contributed by atoms with E-state index in [0.717, 1.165) is 0 Å². The van der Waals surface area contributed by atoms with Crippen molar-refractivity contribution in [1.29, 1.82) is 0 Å². The minimum atomic E-state index is -3.31. The second-order valence-corrected chi connectivity index (χ2v) is 10.1. The standard InChI is InChI=1S/C19H20ClN3O3S2.ClH/c1-22(2)9-10-23(18(24)13-5-4-6-14(20)11-13)19-21-16-8-7-15(28(3,25)26)12-17(16)27-19;/h4-8,11-12H,9-10H2,1-3H3;1H. The van der Waals surface area contributed by atoms with Gasteiger partial charge in [-0.25, -0.2) is 13.4 Å². The van der Waals surface area contributed by atoms with Crippen LogP contribution in [0, 0.1) is 0 Å². The topological polar surface area (TPSA) is 70.6 Å². The second kappa shape index (κ2) is 9.40. The Morgan fingerprint density at radius 2 is 1.86 bits per heavy atom. The number of rotatable bonds is 6. The van der Waals surface area contributed by atoms with E-state index in [-0.39, 0.29) is 23.2 Å². The third kappa shape index (κ3) is 5.67. The van der Waals surface area contributed by atoms with E-state index in [1.54, 1.807) is 41.3 Å². The zero-order chi connectivity index (χ0) is 20.5. The molecule has 0 bridgehead atoms. The summed E-state index contributed by atoms with van der Waals surface area (Å²) in [6, 6.07) is 11.6. The summed E-state index contributed by atoms with van der Waals surface area (Å²) in [7, 11) is 0.545. The van der Waals surface area contributed by atoms with E-state index in [0.29, 0.717) is 39.0 Å². The highest BCUT2D eigenvalue weighted by Crippen LogP contribution is 2.31. The molecular formula is C19H21Cl2N3O3S2. The van der Waals surface area contributed by atoms with Crippen LogP contribution in [-0.4, -0.2) is 57.6 Å². The number of likely N-dealkylation sites (N-methyl/N-ethyl adjacent to an activating group) is 1. The summed E-state index contributed by atoms with van der Waals surface area (Å²) in [6.07, 6.45) is 1.17. The molecule has 1 aromatic heterocycles. The number of amides is 1. The Morgan fingerprint density at radius 3 is 2.48 bits per heavy atom. The first kappa shape index (κ1) is 23.6. The minimum Gasteiger partial charge on any atom is -0.308 e. The van der Waals surface area contributed by atoms with E-state index in [4.69, 9.17) is 11.6 Å². The number of hydrogen-bond acceptors (Lipinski definition) is 6. The van der Waals surface area contributed by atoms with Gasteiger partial charge in [0.25, 0.3) is 5.91 Å². The number of sulfone groups is 1. The first-order valence-corrected chi connectivity index (χ1v) is 11.6. The monoisotopic (exact) mass is 473 g/mol. The Bertz CT molecular complexity index is 1130. The molecule has 0 radical (unpaired) electrons. The number of hydrogen-bond donors (Lipinski definition) is 0. The molecule has 2 aromatic carbocycles. The number of carbonyl (C=O) groups excluding carboxylic acids is 1. The van der Waals surface area contributed by atoms with Crippen molar-refractivity contribution in [3.8, 4) is 0 Å². The molecule has 0 saturated heterocycles. The Morgan fingerprint density at radius 1 is 1.14 bits per heavy atom. The van der Waals surface area contributed by atoms with Gasteiger partial charge in [0.1, 0.15) is 0 Å². The van der Waals surface area contributed by atoms with Crippen LogP contribution < -0.4 is 4.90 Å². The highest BCUT2D eigenvalue weighted by molar-refractivity contribution is 7.90. The minimum absolute atomic E-state index is 0. The molecule has 156 valence electrons. The molecule has 0 spiro atoms. The van der Waals surface area contributed by atoms with Crippen LogP contribution in [0.5, 0.6) is 0 Å². The molecule has 0 unspecified atom stereocenters. The highest BCUT2D eigenvalue weighted by atomic mass is 35.5. The quantitative estimate of drug-likeness (QED) is 0.541. The average molecular weight is 474 g/mol. The summed E-state index contributed by atoms with van der Waals surface area (Å²) in [5, 5.41) is 1.01. The maximum Gasteiger partial charge on any atom is 0.260 e. The lowest BCUT2D eigenvalue weighted by Crippen LogP contribution is -2.36. The molecule has 10 heteroatoms. The van der Waals surface area contributed by atoms with E-state index in [1.807, 2.05) is 19.0 Å².